The Balaban J connectivity index is 2.26. The molecule has 2 rings (SSSR count). The van der Waals surface area contributed by atoms with E-state index >= 15 is 0 Å². The van der Waals surface area contributed by atoms with E-state index in [4.69, 9.17) is 0 Å². The molecule has 0 amide bonds. The van der Waals surface area contributed by atoms with Crippen molar-refractivity contribution in [3.8, 4) is 5.75 Å². The van der Waals surface area contributed by atoms with Crippen LogP contribution in [0.3, 0.4) is 0 Å². The maximum Gasteiger partial charge on any atom is 0.269 e. The van der Waals surface area contributed by atoms with Gasteiger partial charge in [-0.1, -0.05) is 41.4 Å². The summed E-state index contributed by atoms with van der Waals surface area (Å²) in [7, 11) is 0. The lowest BCUT2D eigenvalue weighted by atomic mass is 9.88. The maximum absolute atomic E-state index is 13.1. The fraction of sp³-hybridized carbons (Fsp3) is 0.350. The number of thioether (sulfide) groups is 1. The molecular formula is C20H22BrNO4S. The number of benzene rings is 2. The number of carbonyl (C=O) groups excluding carboxylic acids is 1. The summed E-state index contributed by atoms with van der Waals surface area (Å²) in [5.74, 6) is 1.15. The van der Waals surface area contributed by atoms with Crippen LogP contribution in [0.5, 0.6) is 5.75 Å². The normalized spacial score (nSPS) is 11.9. The molecule has 1 N–H and O–H groups in total. The van der Waals surface area contributed by atoms with Crippen LogP contribution >= 0.6 is 27.7 Å². The summed E-state index contributed by atoms with van der Waals surface area (Å²) < 4.78 is 0.712. The zero-order valence-corrected chi connectivity index (χ0v) is 17.5. The smallest absolute Gasteiger partial charge is 0.269 e. The van der Waals surface area contributed by atoms with E-state index in [0.29, 0.717) is 10.9 Å². The molecule has 0 aliphatic rings. The number of hydrogen-bond donors (Lipinski definition) is 1. The lowest BCUT2D eigenvalue weighted by Gasteiger charge is -2.17. The van der Waals surface area contributed by atoms with Crippen molar-refractivity contribution in [1.82, 2.24) is 0 Å². The van der Waals surface area contributed by atoms with Crippen LogP contribution in [-0.2, 0) is 0 Å². The van der Waals surface area contributed by atoms with Crippen molar-refractivity contribution < 1.29 is 14.8 Å². The van der Waals surface area contributed by atoms with Gasteiger partial charge in [-0.15, -0.1) is 0 Å². The fourth-order valence-electron chi connectivity index (χ4n) is 2.72. The summed E-state index contributed by atoms with van der Waals surface area (Å²) in [6.07, 6.45) is 2.87. The molecule has 27 heavy (non-hydrogen) atoms. The molecule has 0 spiro atoms. The molecule has 2 aromatic carbocycles. The number of nitrogens with zero attached hydrogens (tertiary/aromatic N) is 1. The third-order valence-electron chi connectivity index (χ3n) is 4.24. The summed E-state index contributed by atoms with van der Waals surface area (Å²) in [4.78, 5) is 23.6. The van der Waals surface area contributed by atoms with Crippen LogP contribution in [0.4, 0.5) is 5.69 Å². The molecule has 2 aromatic rings. The second-order valence-corrected chi connectivity index (χ2v) is 8.32. The first-order chi connectivity index (χ1) is 12.9. The molecule has 1 atom stereocenters. The molecule has 5 nitrogen and oxygen atoms in total. The Hall–Kier alpha value is -1.86. The molecular weight excluding hydrogens is 430 g/mol. The van der Waals surface area contributed by atoms with Gasteiger partial charge in [0, 0.05) is 22.5 Å². The SMILES string of the molecule is CCCCSCCC(C(=O)c1cc(Br)ccc1O)c1ccc([N+](=O)[O-])cc1. The highest BCUT2D eigenvalue weighted by molar-refractivity contribution is 9.10. The highest BCUT2D eigenvalue weighted by Crippen LogP contribution is 2.32. The van der Waals surface area contributed by atoms with Crippen LogP contribution in [0.2, 0.25) is 0 Å². The number of ketones is 1. The Kier molecular flexibility index (Phi) is 8.31. The van der Waals surface area contributed by atoms with Gasteiger partial charge in [0.15, 0.2) is 5.78 Å². The van der Waals surface area contributed by atoms with Gasteiger partial charge in [0.2, 0.25) is 0 Å². The van der Waals surface area contributed by atoms with Gasteiger partial charge in [-0.2, -0.15) is 11.8 Å². The van der Waals surface area contributed by atoms with E-state index in [1.165, 1.54) is 18.2 Å². The summed E-state index contributed by atoms with van der Waals surface area (Å²) in [6, 6.07) is 10.9. The first kappa shape index (κ1) is 21.4. The minimum atomic E-state index is -0.458. The average Bonchev–Trinajstić information content (AvgIpc) is 2.66. The standard InChI is InChI=1S/C20H22BrNO4S/c1-2-3-11-27-12-10-17(14-4-7-16(8-5-14)22(25)26)20(24)18-13-15(21)6-9-19(18)23/h4-9,13,17,23H,2-3,10-12H2,1H3. The molecule has 0 saturated carbocycles. The van der Waals surface area contributed by atoms with Crippen molar-refractivity contribution in [2.75, 3.05) is 11.5 Å². The van der Waals surface area contributed by atoms with E-state index in [-0.39, 0.29) is 22.8 Å². The summed E-state index contributed by atoms with van der Waals surface area (Å²) in [5, 5.41) is 21.0. The molecule has 0 radical (unpaired) electrons. The quantitative estimate of drug-likeness (QED) is 0.208. The van der Waals surface area contributed by atoms with Crippen LogP contribution < -0.4 is 0 Å². The number of non-ortho nitro benzene ring substituents is 1. The van der Waals surface area contributed by atoms with Gasteiger partial charge in [-0.25, -0.2) is 0 Å². The molecule has 0 aromatic heterocycles. The van der Waals surface area contributed by atoms with Crippen molar-refractivity contribution in [3.63, 3.8) is 0 Å². The second-order valence-electron chi connectivity index (χ2n) is 6.18. The maximum atomic E-state index is 13.1. The summed E-state index contributed by atoms with van der Waals surface area (Å²) >= 11 is 5.13. The summed E-state index contributed by atoms with van der Waals surface area (Å²) in [5.41, 5.74) is 0.972. The lowest BCUT2D eigenvalue weighted by Crippen LogP contribution is -2.14. The second kappa shape index (κ2) is 10.5. The van der Waals surface area contributed by atoms with Crippen LogP contribution in [0.15, 0.2) is 46.9 Å². The van der Waals surface area contributed by atoms with Gasteiger partial charge in [-0.05, 0) is 48.1 Å². The number of rotatable bonds is 10. The Morgan fingerprint density at radius 2 is 1.93 bits per heavy atom. The van der Waals surface area contributed by atoms with Gasteiger partial charge in [0.25, 0.3) is 5.69 Å². The number of Topliss-reactive ketones (excluding diaryl/α,β-unsaturated/α-hetero) is 1. The average molecular weight is 452 g/mol. The van der Waals surface area contributed by atoms with Crippen molar-refractivity contribution in [2.45, 2.75) is 32.1 Å². The number of nitro benzene ring substituents is 1. The highest BCUT2D eigenvalue weighted by atomic mass is 79.9. The monoisotopic (exact) mass is 451 g/mol. The Morgan fingerprint density at radius 3 is 2.56 bits per heavy atom. The van der Waals surface area contributed by atoms with Crippen LogP contribution in [0.25, 0.3) is 0 Å². The number of phenolic OH excluding ortho intramolecular Hbond substituents is 1. The molecule has 0 aliphatic heterocycles. The van der Waals surface area contributed by atoms with Crippen molar-refractivity contribution in [1.29, 1.82) is 0 Å². The molecule has 144 valence electrons. The number of aromatic hydroxyl groups is 1. The fourth-order valence-corrected chi connectivity index (χ4v) is 4.18. The predicted molar refractivity (Wildman–Crippen MR) is 113 cm³/mol. The van der Waals surface area contributed by atoms with Crippen LogP contribution in [-0.4, -0.2) is 27.3 Å². The van der Waals surface area contributed by atoms with E-state index in [9.17, 15) is 20.0 Å². The first-order valence-electron chi connectivity index (χ1n) is 8.78. The Morgan fingerprint density at radius 1 is 1.22 bits per heavy atom. The van der Waals surface area contributed by atoms with Gasteiger partial charge in [0.1, 0.15) is 5.75 Å². The Labute approximate surface area is 171 Å². The van der Waals surface area contributed by atoms with E-state index in [1.807, 2.05) is 0 Å². The lowest BCUT2D eigenvalue weighted by molar-refractivity contribution is -0.384. The number of carbonyl (C=O) groups is 1. The first-order valence-corrected chi connectivity index (χ1v) is 10.7. The number of hydrogen-bond acceptors (Lipinski definition) is 5. The van der Waals surface area contributed by atoms with E-state index < -0.39 is 10.8 Å². The Bertz CT molecular complexity index is 795. The van der Waals surface area contributed by atoms with Gasteiger partial charge in [0.05, 0.1) is 10.5 Å². The number of nitro groups is 1. The van der Waals surface area contributed by atoms with Gasteiger partial charge < -0.3 is 5.11 Å². The number of halogens is 1. The number of phenols is 1. The van der Waals surface area contributed by atoms with Crippen LogP contribution in [0, 0.1) is 10.1 Å². The molecule has 0 saturated heterocycles. The topological polar surface area (TPSA) is 80.4 Å². The zero-order valence-electron chi connectivity index (χ0n) is 15.1. The molecule has 0 heterocycles. The highest BCUT2D eigenvalue weighted by Gasteiger charge is 2.25. The van der Waals surface area contributed by atoms with E-state index in [2.05, 4.69) is 22.9 Å². The van der Waals surface area contributed by atoms with E-state index in [1.54, 1.807) is 36.0 Å². The van der Waals surface area contributed by atoms with Crippen molar-refractivity contribution >= 4 is 39.2 Å². The van der Waals surface area contributed by atoms with E-state index in [0.717, 1.165) is 29.9 Å². The molecule has 7 heteroatoms. The van der Waals surface area contributed by atoms with Gasteiger partial charge >= 0.3 is 0 Å². The minimum absolute atomic E-state index is 0.00688. The number of unbranched alkanes of at least 4 members (excludes halogenated alkanes) is 1. The molecule has 1 unspecified atom stereocenters. The van der Waals surface area contributed by atoms with Crippen molar-refractivity contribution in [2.24, 2.45) is 0 Å². The third kappa shape index (κ3) is 6.07. The van der Waals surface area contributed by atoms with Gasteiger partial charge in [-0.3, -0.25) is 14.9 Å². The predicted octanol–water partition coefficient (Wildman–Crippen LogP) is 5.95. The van der Waals surface area contributed by atoms with Crippen LogP contribution in [0.1, 0.15) is 48.0 Å². The molecule has 0 fully saturated rings. The molecule has 0 aliphatic carbocycles. The molecule has 0 bridgehead atoms. The minimum Gasteiger partial charge on any atom is -0.507 e. The largest absolute Gasteiger partial charge is 0.507 e. The zero-order chi connectivity index (χ0) is 19.8. The summed E-state index contributed by atoms with van der Waals surface area (Å²) in [6.45, 7) is 2.14. The van der Waals surface area contributed by atoms with Crippen molar-refractivity contribution in [3.05, 3.63) is 68.2 Å². The third-order valence-corrected chi connectivity index (χ3v) is 5.83.